The fraction of sp³-hybridized carbons (Fsp3) is 0. The molecular weight excluding hydrogens is 112 g/mol. The zero-order valence-corrected chi connectivity index (χ0v) is 5.06. The van der Waals surface area contributed by atoms with Crippen molar-refractivity contribution < 1.29 is 0 Å². The minimum Gasteiger partial charge on any atom is -0.137 e. The second-order valence-corrected chi connectivity index (χ2v) is 2.58. The molecule has 0 heterocycles. The largest absolute Gasteiger partial charge is 0.137 e. The minimum atomic E-state index is 0.782. The minimum absolute atomic E-state index is 0.782. The second-order valence-electron chi connectivity index (χ2n) is 0.678. The molecule has 0 amide bonds. The van der Waals surface area contributed by atoms with E-state index >= 15 is 0 Å². The van der Waals surface area contributed by atoms with Gasteiger partial charge in [-0.15, -0.1) is 12.6 Å². The maximum Gasteiger partial charge on any atom is 0.0341 e. The molecule has 0 unspecified atom stereocenters. The molecule has 0 aromatic carbocycles. The van der Waals surface area contributed by atoms with Crippen molar-refractivity contribution in [2.45, 2.75) is 0 Å². The lowest BCUT2D eigenvalue weighted by atomic mass is 11.2. The molecule has 0 saturated heterocycles. The van der Waals surface area contributed by atoms with Crippen LogP contribution in [0.25, 0.3) is 0 Å². The van der Waals surface area contributed by atoms with Crippen molar-refractivity contribution in [3.8, 4) is 0 Å². The number of hydrogen-bond acceptors (Lipinski definition) is 2. The average Bonchev–Trinajstić information content (AvgIpc) is 1.35. The number of thiol groups is 1. The Morgan fingerprint density at radius 1 is 1.83 bits per heavy atom. The van der Waals surface area contributed by atoms with Crippen LogP contribution in [0.15, 0.2) is 22.8 Å². The molecule has 0 aliphatic carbocycles. The van der Waals surface area contributed by atoms with Crippen LogP contribution in [0.2, 0.25) is 0 Å². The first-order chi connectivity index (χ1) is 2.77. The molecule has 34 valence electrons. The van der Waals surface area contributed by atoms with Gasteiger partial charge in [0.25, 0.3) is 0 Å². The molecule has 0 bridgehead atoms. The summed E-state index contributed by atoms with van der Waals surface area (Å²) in [6.07, 6.45) is 0. The van der Waals surface area contributed by atoms with Gasteiger partial charge >= 0.3 is 0 Å². The molecular formula is C4H6S2. The summed E-state index contributed by atoms with van der Waals surface area (Å²) < 4.78 is 0.782. The van der Waals surface area contributed by atoms with E-state index in [1.54, 1.807) is 5.41 Å². The van der Waals surface area contributed by atoms with Crippen molar-refractivity contribution in [2.24, 2.45) is 0 Å². The van der Waals surface area contributed by atoms with Crippen LogP contribution in [-0.4, -0.2) is 0 Å². The Balaban J connectivity index is 3.05. The molecule has 6 heavy (non-hydrogen) atoms. The van der Waals surface area contributed by atoms with Crippen molar-refractivity contribution >= 4 is 24.4 Å². The van der Waals surface area contributed by atoms with Crippen molar-refractivity contribution in [3.63, 3.8) is 0 Å². The molecule has 0 atom stereocenters. The highest BCUT2D eigenvalue weighted by Crippen LogP contribution is 2.15. The van der Waals surface area contributed by atoms with E-state index < -0.39 is 0 Å². The van der Waals surface area contributed by atoms with Gasteiger partial charge in [-0.25, -0.2) is 0 Å². The summed E-state index contributed by atoms with van der Waals surface area (Å²) in [4.78, 5) is 0. The second kappa shape index (κ2) is 3.37. The molecule has 0 fully saturated rings. The van der Waals surface area contributed by atoms with E-state index in [1.165, 1.54) is 11.8 Å². The lowest BCUT2D eigenvalue weighted by molar-refractivity contribution is 2.50. The van der Waals surface area contributed by atoms with Crippen LogP contribution in [0, 0.1) is 0 Å². The molecule has 0 saturated carbocycles. The summed E-state index contributed by atoms with van der Waals surface area (Å²) in [5, 5.41) is 1.69. The van der Waals surface area contributed by atoms with Crippen LogP contribution in [-0.2, 0) is 0 Å². The molecule has 0 rings (SSSR count). The molecule has 0 aliphatic heterocycles. The van der Waals surface area contributed by atoms with Gasteiger partial charge in [-0.05, 0) is 5.41 Å². The van der Waals surface area contributed by atoms with E-state index in [0.717, 1.165) is 4.24 Å². The third-order valence-electron chi connectivity index (χ3n) is 0.219. The van der Waals surface area contributed by atoms with Crippen molar-refractivity contribution in [1.29, 1.82) is 0 Å². The molecule has 0 aromatic rings. The van der Waals surface area contributed by atoms with E-state index in [1.807, 2.05) is 0 Å². The van der Waals surface area contributed by atoms with Crippen LogP contribution in [0.3, 0.4) is 0 Å². The summed E-state index contributed by atoms with van der Waals surface area (Å²) in [6.45, 7) is 6.95. The summed E-state index contributed by atoms with van der Waals surface area (Å²) >= 11 is 5.30. The average molecular weight is 118 g/mol. The van der Waals surface area contributed by atoms with E-state index in [4.69, 9.17) is 0 Å². The predicted molar refractivity (Wildman–Crippen MR) is 35.9 cm³/mol. The van der Waals surface area contributed by atoms with Gasteiger partial charge < -0.3 is 0 Å². The first-order valence-corrected chi connectivity index (χ1v) is 2.75. The standard InChI is InChI=1S/C4H6S2/c1-3-6-4(2)5/h3,5H,1-2H2. The number of hydrogen-bond donors (Lipinski definition) is 1. The van der Waals surface area contributed by atoms with Crippen LogP contribution < -0.4 is 0 Å². The summed E-state index contributed by atoms with van der Waals surface area (Å²) in [5.41, 5.74) is 0. The van der Waals surface area contributed by atoms with Crippen molar-refractivity contribution in [3.05, 3.63) is 22.8 Å². The highest BCUT2D eigenvalue weighted by Gasteiger charge is 1.73. The molecule has 0 nitrogen and oxygen atoms in total. The van der Waals surface area contributed by atoms with E-state index in [0.29, 0.717) is 0 Å². The SMILES string of the molecule is C=CSC(=C)S. The van der Waals surface area contributed by atoms with E-state index in [9.17, 15) is 0 Å². The van der Waals surface area contributed by atoms with Gasteiger partial charge in [0, 0.05) is 4.24 Å². The third-order valence-corrected chi connectivity index (χ3v) is 0.974. The normalized spacial score (nSPS) is 7.50. The van der Waals surface area contributed by atoms with Crippen LogP contribution in [0.1, 0.15) is 0 Å². The summed E-state index contributed by atoms with van der Waals surface area (Å²) in [6, 6.07) is 0. The van der Waals surface area contributed by atoms with Gasteiger partial charge in [0.1, 0.15) is 0 Å². The predicted octanol–water partition coefficient (Wildman–Crippen LogP) is 2.26. The first kappa shape index (κ1) is 6.18. The Kier molecular flexibility index (Phi) is 3.47. The van der Waals surface area contributed by atoms with Crippen LogP contribution >= 0.6 is 24.4 Å². The maximum absolute atomic E-state index is 3.88. The van der Waals surface area contributed by atoms with E-state index in [-0.39, 0.29) is 0 Å². The smallest absolute Gasteiger partial charge is 0.0341 e. The zero-order chi connectivity index (χ0) is 4.99. The van der Waals surface area contributed by atoms with Gasteiger partial charge in [0.05, 0.1) is 0 Å². The number of rotatable bonds is 2. The van der Waals surface area contributed by atoms with Crippen LogP contribution in [0.4, 0.5) is 0 Å². The molecule has 0 spiro atoms. The molecule has 0 aliphatic rings. The Bertz CT molecular complexity index is 65.9. The Hall–Kier alpha value is 0.180. The topological polar surface area (TPSA) is 0 Å². The highest BCUT2D eigenvalue weighted by molar-refractivity contribution is 8.17. The third kappa shape index (κ3) is 4.18. The Morgan fingerprint density at radius 3 is 2.33 bits per heavy atom. The van der Waals surface area contributed by atoms with Gasteiger partial charge in [0.2, 0.25) is 0 Å². The fourth-order valence-electron chi connectivity index (χ4n) is 0.0962. The maximum atomic E-state index is 3.88. The molecule has 0 radical (unpaired) electrons. The van der Waals surface area contributed by atoms with E-state index in [2.05, 4.69) is 25.8 Å². The Morgan fingerprint density at radius 2 is 2.33 bits per heavy atom. The highest BCUT2D eigenvalue weighted by atomic mass is 32.2. The van der Waals surface area contributed by atoms with Crippen molar-refractivity contribution in [1.82, 2.24) is 0 Å². The zero-order valence-electron chi connectivity index (χ0n) is 3.35. The van der Waals surface area contributed by atoms with Gasteiger partial charge in [-0.1, -0.05) is 24.9 Å². The van der Waals surface area contributed by atoms with Crippen molar-refractivity contribution in [2.75, 3.05) is 0 Å². The summed E-state index contributed by atoms with van der Waals surface area (Å²) in [7, 11) is 0. The lowest BCUT2D eigenvalue weighted by Gasteiger charge is -1.81. The monoisotopic (exact) mass is 118 g/mol. The molecule has 0 N–H and O–H groups in total. The summed E-state index contributed by atoms with van der Waals surface area (Å²) in [5.74, 6) is 0. The fourth-order valence-corrected chi connectivity index (χ4v) is 0.512. The lowest BCUT2D eigenvalue weighted by Crippen LogP contribution is -1.42. The van der Waals surface area contributed by atoms with Gasteiger partial charge in [-0.3, -0.25) is 0 Å². The number of thioether (sulfide) groups is 1. The molecule has 2 heteroatoms. The molecule has 0 aromatic heterocycles. The first-order valence-electron chi connectivity index (χ1n) is 1.43. The van der Waals surface area contributed by atoms with Gasteiger partial charge in [-0.2, -0.15) is 0 Å². The van der Waals surface area contributed by atoms with Crippen LogP contribution in [0.5, 0.6) is 0 Å². The Labute approximate surface area is 47.7 Å². The van der Waals surface area contributed by atoms with Gasteiger partial charge in [0.15, 0.2) is 0 Å². The quantitative estimate of drug-likeness (QED) is 0.543.